The molecule has 0 saturated carbocycles. The molecule has 25 heavy (non-hydrogen) atoms. The number of nitrogens with one attached hydrogen (secondary N) is 1. The predicted molar refractivity (Wildman–Crippen MR) is 96.3 cm³/mol. The van der Waals surface area contributed by atoms with Crippen LogP contribution in [0.2, 0.25) is 0 Å². The van der Waals surface area contributed by atoms with Crippen molar-refractivity contribution in [1.82, 2.24) is 10.2 Å². The molecule has 0 heterocycles. The molecule has 2 aromatic rings. The quantitative estimate of drug-likeness (QED) is 0.769. The molecule has 0 aliphatic heterocycles. The van der Waals surface area contributed by atoms with Gasteiger partial charge in [-0.1, -0.05) is 12.1 Å². The van der Waals surface area contributed by atoms with Crippen LogP contribution in [0.4, 0.5) is 0 Å². The van der Waals surface area contributed by atoms with Crippen molar-refractivity contribution in [1.29, 1.82) is 0 Å². The Kier molecular flexibility index (Phi) is 6.65. The highest BCUT2D eigenvalue weighted by atomic mass is 16.5. The van der Waals surface area contributed by atoms with Gasteiger partial charge in [-0.15, -0.1) is 0 Å². The van der Waals surface area contributed by atoms with E-state index >= 15 is 0 Å². The van der Waals surface area contributed by atoms with Crippen LogP contribution >= 0.6 is 0 Å². The molecule has 134 valence electrons. The standard InChI is InChI=1S/C19H24N2O4/c1-21(2)10-11-25-16-7-4-14(5-8-16)13-20-19(23)15-6-9-18(24-3)17(22)12-15/h4-9,12,22H,10-11,13H2,1-3H3,(H,20,23). The Morgan fingerprint density at radius 1 is 1.16 bits per heavy atom. The van der Waals surface area contributed by atoms with Crippen molar-refractivity contribution in [3.05, 3.63) is 53.6 Å². The lowest BCUT2D eigenvalue weighted by Crippen LogP contribution is -2.22. The number of likely N-dealkylation sites (N-methyl/N-ethyl adjacent to an activating group) is 1. The number of amides is 1. The average molecular weight is 344 g/mol. The number of aromatic hydroxyl groups is 1. The monoisotopic (exact) mass is 344 g/mol. The van der Waals surface area contributed by atoms with Gasteiger partial charge in [-0.2, -0.15) is 0 Å². The third kappa shape index (κ3) is 5.69. The second-order valence-corrected chi connectivity index (χ2v) is 5.86. The molecule has 0 fully saturated rings. The van der Waals surface area contributed by atoms with Crippen LogP contribution in [0.1, 0.15) is 15.9 Å². The molecule has 0 bridgehead atoms. The minimum absolute atomic E-state index is 0.0608. The number of phenolic OH excluding ortho intramolecular Hbond substituents is 1. The fraction of sp³-hybridized carbons (Fsp3) is 0.316. The summed E-state index contributed by atoms with van der Waals surface area (Å²) in [6.45, 7) is 1.88. The molecule has 2 aromatic carbocycles. The minimum Gasteiger partial charge on any atom is -0.504 e. The molecule has 6 heteroatoms. The molecule has 0 aromatic heterocycles. The Balaban J connectivity index is 1.86. The fourth-order valence-electron chi connectivity index (χ4n) is 2.17. The molecule has 1 amide bonds. The third-order valence-electron chi connectivity index (χ3n) is 3.62. The zero-order valence-corrected chi connectivity index (χ0v) is 14.8. The molecule has 0 aliphatic carbocycles. The van der Waals surface area contributed by atoms with Crippen molar-refractivity contribution in [2.75, 3.05) is 34.4 Å². The molecule has 0 aliphatic rings. The highest BCUT2D eigenvalue weighted by Gasteiger charge is 2.09. The largest absolute Gasteiger partial charge is 0.504 e. The van der Waals surface area contributed by atoms with E-state index in [1.165, 1.54) is 13.2 Å². The Morgan fingerprint density at radius 3 is 2.48 bits per heavy atom. The molecule has 6 nitrogen and oxygen atoms in total. The molecule has 0 atom stereocenters. The summed E-state index contributed by atoms with van der Waals surface area (Å²) in [6, 6.07) is 12.1. The maximum atomic E-state index is 12.1. The van der Waals surface area contributed by atoms with E-state index in [4.69, 9.17) is 9.47 Å². The summed E-state index contributed by atoms with van der Waals surface area (Å²) in [7, 11) is 5.46. The third-order valence-corrected chi connectivity index (χ3v) is 3.62. The lowest BCUT2D eigenvalue weighted by molar-refractivity contribution is 0.0950. The van der Waals surface area contributed by atoms with E-state index in [1.54, 1.807) is 12.1 Å². The number of carbonyl (C=O) groups is 1. The van der Waals surface area contributed by atoms with Crippen LogP contribution in [-0.2, 0) is 6.54 Å². The zero-order chi connectivity index (χ0) is 18.2. The first-order chi connectivity index (χ1) is 12.0. The zero-order valence-electron chi connectivity index (χ0n) is 14.8. The van der Waals surface area contributed by atoms with E-state index in [0.29, 0.717) is 24.5 Å². The number of rotatable bonds is 8. The van der Waals surface area contributed by atoms with Crippen LogP contribution in [0.25, 0.3) is 0 Å². The second kappa shape index (κ2) is 8.94. The van der Waals surface area contributed by atoms with Crippen molar-refractivity contribution in [3.8, 4) is 17.2 Å². The molecule has 2 N–H and O–H groups in total. The molecule has 0 saturated heterocycles. The first-order valence-corrected chi connectivity index (χ1v) is 8.01. The summed E-state index contributed by atoms with van der Waals surface area (Å²) >= 11 is 0. The first-order valence-electron chi connectivity index (χ1n) is 8.01. The maximum absolute atomic E-state index is 12.1. The van der Waals surface area contributed by atoms with Crippen LogP contribution in [-0.4, -0.2) is 50.3 Å². The normalized spacial score (nSPS) is 10.6. The van der Waals surface area contributed by atoms with Crippen molar-refractivity contribution in [2.45, 2.75) is 6.54 Å². The van der Waals surface area contributed by atoms with Gasteiger partial charge in [0.25, 0.3) is 5.91 Å². The molecule has 2 rings (SSSR count). The molecular weight excluding hydrogens is 320 g/mol. The summed E-state index contributed by atoms with van der Waals surface area (Å²) < 4.78 is 10.6. The van der Waals surface area contributed by atoms with Gasteiger partial charge in [0.2, 0.25) is 0 Å². The van der Waals surface area contributed by atoms with Gasteiger partial charge in [-0.25, -0.2) is 0 Å². The first kappa shape index (κ1) is 18.6. The van der Waals surface area contributed by atoms with E-state index in [-0.39, 0.29) is 11.7 Å². The van der Waals surface area contributed by atoms with E-state index < -0.39 is 0 Å². The molecule has 0 radical (unpaired) electrons. The van der Waals surface area contributed by atoms with Crippen molar-refractivity contribution in [2.24, 2.45) is 0 Å². The molecular formula is C19H24N2O4. The lowest BCUT2D eigenvalue weighted by Gasteiger charge is -2.11. The topological polar surface area (TPSA) is 71.0 Å². The van der Waals surface area contributed by atoms with Crippen molar-refractivity contribution in [3.63, 3.8) is 0 Å². The van der Waals surface area contributed by atoms with Crippen LogP contribution in [0, 0.1) is 0 Å². The highest BCUT2D eigenvalue weighted by Crippen LogP contribution is 2.26. The number of hydrogen-bond acceptors (Lipinski definition) is 5. The van der Waals surface area contributed by atoms with E-state index in [2.05, 4.69) is 10.2 Å². The van der Waals surface area contributed by atoms with Gasteiger partial charge >= 0.3 is 0 Å². The smallest absolute Gasteiger partial charge is 0.251 e. The van der Waals surface area contributed by atoms with Crippen LogP contribution in [0.15, 0.2) is 42.5 Å². The molecule has 0 unspecified atom stereocenters. The van der Waals surface area contributed by atoms with Crippen molar-refractivity contribution >= 4 is 5.91 Å². The highest BCUT2D eigenvalue weighted by molar-refractivity contribution is 5.94. The number of hydrogen-bond donors (Lipinski definition) is 2. The summed E-state index contributed by atoms with van der Waals surface area (Å²) in [4.78, 5) is 14.2. The van der Waals surface area contributed by atoms with Crippen LogP contribution < -0.4 is 14.8 Å². The van der Waals surface area contributed by atoms with E-state index in [0.717, 1.165) is 17.9 Å². The Labute approximate surface area is 148 Å². The maximum Gasteiger partial charge on any atom is 0.251 e. The Morgan fingerprint density at radius 2 is 1.88 bits per heavy atom. The van der Waals surface area contributed by atoms with Gasteiger partial charge in [0, 0.05) is 18.7 Å². The number of nitrogens with zero attached hydrogens (tertiary/aromatic N) is 1. The van der Waals surface area contributed by atoms with Gasteiger partial charge in [0.05, 0.1) is 7.11 Å². The SMILES string of the molecule is COc1ccc(C(=O)NCc2ccc(OCCN(C)C)cc2)cc1O. The average Bonchev–Trinajstić information content (AvgIpc) is 2.60. The van der Waals surface area contributed by atoms with Gasteiger partial charge in [-0.05, 0) is 50.0 Å². The second-order valence-electron chi connectivity index (χ2n) is 5.86. The van der Waals surface area contributed by atoms with Gasteiger partial charge in [0.15, 0.2) is 11.5 Å². The van der Waals surface area contributed by atoms with Crippen LogP contribution in [0.5, 0.6) is 17.2 Å². The van der Waals surface area contributed by atoms with E-state index in [1.807, 2.05) is 38.4 Å². The summed E-state index contributed by atoms with van der Waals surface area (Å²) in [6.07, 6.45) is 0. The lowest BCUT2D eigenvalue weighted by atomic mass is 10.1. The number of phenols is 1. The Bertz CT molecular complexity index is 699. The summed E-state index contributed by atoms with van der Waals surface area (Å²) in [5.74, 6) is 0.817. The number of ether oxygens (including phenoxy) is 2. The van der Waals surface area contributed by atoms with Gasteiger partial charge in [0.1, 0.15) is 12.4 Å². The van der Waals surface area contributed by atoms with Crippen molar-refractivity contribution < 1.29 is 19.4 Å². The van der Waals surface area contributed by atoms with Gasteiger partial charge < -0.3 is 24.8 Å². The summed E-state index contributed by atoms with van der Waals surface area (Å²) in [5, 5.41) is 12.6. The predicted octanol–water partition coefficient (Wildman–Crippen LogP) is 2.27. The van der Waals surface area contributed by atoms with Crippen LogP contribution in [0.3, 0.4) is 0 Å². The summed E-state index contributed by atoms with van der Waals surface area (Å²) in [5.41, 5.74) is 1.34. The molecule has 0 spiro atoms. The van der Waals surface area contributed by atoms with Gasteiger partial charge in [-0.3, -0.25) is 4.79 Å². The Hall–Kier alpha value is -2.73. The van der Waals surface area contributed by atoms with E-state index in [9.17, 15) is 9.90 Å². The fourth-order valence-corrected chi connectivity index (χ4v) is 2.17. The number of carbonyl (C=O) groups excluding carboxylic acids is 1. The number of benzene rings is 2. The minimum atomic E-state index is -0.260. The number of methoxy groups -OCH3 is 1.